The minimum Gasteiger partial charge on any atom is -0.482 e. The molecule has 0 fully saturated rings. The van der Waals surface area contributed by atoms with Crippen LogP contribution in [0.25, 0.3) is 0 Å². The lowest BCUT2D eigenvalue weighted by atomic mass is 10.1. The molecule has 0 saturated heterocycles. The van der Waals surface area contributed by atoms with E-state index in [4.69, 9.17) is 14.0 Å². The largest absolute Gasteiger partial charge is 0.482 e. The van der Waals surface area contributed by atoms with Crippen molar-refractivity contribution >= 4 is 5.91 Å². The summed E-state index contributed by atoms with van der Waals surface area (Å²) in [5.74, 6) is 1.82. The molecule has 116 valence electrons. The van der Waals surface area contributed by atoms with E-state index in [1.165, 1.54) is 0 Å². The van der Waals surface area contributed by atoms with Crippen LogP contribution in [0.15, 0.2) is 34.9 Å². The number of amides is 1. The standard InChI is InChI=1S/C16H18N2O4/c1-10-8-12(17-22-10)9-18(3)16(19)15-11(2)20-13-6-4-5-7-14(13)21-15/h4-8,11,15H,9H2,1-3H3/t11-,15-/m1/s1. The van der Waals surface area contributed by atoms with E-state index in [1.54, 1.807) is 24.1 Å². The fourth-order valence-corrected chi connectivity index (χ4v) is 2.42. The second-order valence-corrected chi connectivity index (χ2v) is 5.43. The molecule has 2 aromatic rings. The zero-order valence-electron chi connectivity index (χ0n) is 12.8. The molecular weight excluding hydrogens is 284 g/mol. The van der Waals surface area contributed by atoms with Crippen molar-refractivity contribution in [3.63, 3.8) is 0 Å². The number of aromatic nitrogens is 1. The minimum absolute atomic E-state index is 0.150. The molecule has 0 aliphatic carbocycles. The number of benzene rings is 1. The van der Waals surface area contributed by atoms with Crippen molar-refractivity contribution in [2.75, 3.05) is 7.05 Å². The Morgan fingerprint density at radius 1 is 1.27 bits per heavy atom. The highest BCUT2D eigenvalue weighted by atomic mass is 16.6. The molecule has 0 unspecified atom stereocenters. The summed E-state index contributed by atoms with van der Waals surface area (Å²) in [4.78, 5) is 14.2. The van der Waals surface area contributed by atoms with E-state index < -0.39 is 6.10 Å². The Kier molecular flexibility index (Phi) is 3.75. The van der Waals surface area contributed by atoms with Crippen LogP contribution >= 0.6 is 0 Å². The van der Waals surface area contributed by atoms with Crippen LogP contribution in [-0.4, -0.2) is 35.2 Å². The number of rotatable bonds is 3. The molecule has 1 aromatic heterocycles. The molecule has 0 N–H and O–H groups in total. The monoisotopic (exact) mass is 302 g/mol. The van der Waals surface area contributed by atoms with Gasteiger partial charge in [-0.1, -0.05) is 17.3 Å². The molecule has 6 heteroatoms. The first kappa shape index (κ1) is 14.4. The van der Waals surface area contributed by atoms with Gasteiger partial charge in [0.05, 0.1) is 6.54 Å². The number of likely N-dealkylation sites (N-methyl/N-ethyl adjacent to an activating group) is 1. The molecule has 3 rings (SSSR count). The quantitative estimate of drug-likeness (QED) is 0.869. The van der Waals surface area contributed by atoms with Gasteiger partial charge < -0.3 is 18.9 Å². The van der Waals surface area contributed by atoms with Crippen molar-refractivity contribution < 1.29 is 18.8 Å². The number of nitrogens with zero attached hydrogens (tertiary/aromatic N) is 2. The predicted octanol–water partition coefficient (Wildman–Crippen LogP) is 2.17. The molecule has 1 amide bonds. The zero-order valence-corrected chi connectivity index (χ0v) is 12.8. The van der Waals surface area contributed by atoms with Crippen LogP contribution in [0.2, 0.25) is 0 Å². The van der Waals surface area contributed by atoms with E-state index >= 15 is 0 Å². The predicted molar refractivity (Wildman–Crippen MR) is 78.7 cm³/mol. The molecule has 1 aliphatic heterocycles. The van der Waals surface area contributed by atoms with Gasteiger partial charge in [-0.3, -0.25) is 4.79 Å². The molecule has 6 nitrogen and oxygen atoms in total. The molecule has 0 saturated carbocycles. The van der Waals surface area contributed by atoms with Gasteiger partial charge in [0.25, 0.3) is 5.91 Å². The van der Waals surface area contributed by atoms with Crippen LogP contribution in [0.1, 0.15) is 18.4 Å². The van der Waals surface area contributed by atoms with Crippen LogP contribution < -0.4 is 9.47 Å². The third-order valence-electron chi connectivity index (χ3n) is 3.54. The van der Waals surface area contributed by atoms with Crippen molar-refractivity contribution in [2.45, 2.75) is 32.6 Å². The number of hydrogen-bond donors (Lipinski definition) is 0. The number of fused-ring (bicyclic) bond motifs is 1. The maximum Gasteiger partial charge on any atom is 0.267 e. The highest BCUT2D eigenvalue weighted by Gasteiger charge is 2.35. The van der Waals surface area contributed by atoms with E-state index in [-0.39, 0.29) is 12.0 Å². The molecule has 22 heavy (non-hydrogen) atoms. The average molecular weight is 302 g/mol. The number of carbonyl (C=O) groups is 1. The molecule has 2 atom stereocenters. The zero-order chi connectivity index (χ0) is 15.7. The first-order chi connectivity index (χ1) is 10.5. The van der Waals surface area contributed by atoms with Gasteiger partial charge in [0.15, 0.2) is 11.5 Å². The molecule has 2 heterocycles. The van der Waals surface area contributed by atoms with Crippen LogP contribution in [-0.2, 0) is 11.3 Å². The van der Waals surface area contributed by atoms with Crippen molar-refractivity contribution in [3.05, 3.63) is 41.8 Å². The summed E-state index contributed by atoms with van der Waals surface area (Å²) in [5, 5.41) is 3.90. The Bertz CT molecular complexity index is 682. The van der Waals surface area contributed by atoms with Gasteiger partial charge in [-0.25, -0.2) is 0 Å². The van der Waals surface area contributed by atoms with Gasteiger partial charge in [0.2, 0.25) is 6.10 Å². The second-order valence-electron chi connectivity index (χ2n) is 5.43. The third-order valence-corrected chi connectivity index (χ3v) is 3.54. The average Bonchev–Trinajstić information content (AvgIpc) is 2.91. The van der Waals surface area contributed by atoms with Gasteiger partial charge >= 0.3 is 0 Å². The number of hydrogen-bond acceptors (Lipinski definition) is 5. The SMILES string of the molecule is Cc1cc(CN(C)C(=O)[C@@H]2Oc3ccccc3O[C@@H]2C)no1. The summed E-state index contributed by atoms with van der Waals surface area (Å²) in [5.41, 5.74) is 0.707. The molecular formula is C16H18N2O4. The normalized spacial score (nSPS) is 19.8. The second kappa shape index (κ2) is 5.71. The number of ether oxygens (including phenoxy) is 2. The van der Waals surface area contributed by atoms with Crippen LogP contribution in [0.4, 0.5) is 0 Å². The Labute approximate surface area is 128 Å². The van der Waals surface area contributed by atoms with E-state index in [2.05, 4.69) is 5.16 Å². The molecule has 0 bridgehead atoms. The lowest BCUT2D eigenvalue weighted by Gasteiger charge is -2.33. The van der Waals surface area contributed by atoms with Crippen molar-refractivity contribution in [1.29, 1.82) is 0 Å². The van der Waals surface area contributed by atoms with E-state index in [0.29, 0.717) is 23.7 Å². The van der Waals surface area contributed by atoms with E-state index in [1.807, 2.05) is 32.0 Å². The minimum atomic E-state index is -0.673. The summed E-state index contributed by atoms with van der Waals surface area (Å²) < 4.78 is 16.6. The number of para-hydroxylation sites is 2. The first-order valence-corrected chi connectivity index (χ1v) is 7.14. The maximum atomic E-state index is 12.6. The summed E-state index contributed by atoms with van der Waals surface area (Å²) in [7, 11) is 1.71. The molecule has 1 aromatic carbocycles. The van der Waals surface area contributed by atoms with Gasteiger partial charge in [0, 0.05) is 13.1 Å². The highest BCUT2D eigenvalue weighted by Crippen LogP contribution is 2.33. The maximum absolute atomic E-state index is 12.6. The summed E-state index contributed by atoms with van der Waals surface area (Å²) >= 11 is 0. The fourth-order valence-electron chi connectivity index (χ4n) is 2.42. The van der Waals surface area contributed by atoms with Crippen LogP contribution in [0.3, 0.4) is 0 Å². The fraction of sp³-hybridized carbons (Fsp3) is 0.375. The smallest absolute Gasteiger partial charge is 0.267 e. The van der Waals surface area contributed by atoms with Gasteiger partial charge in [-0.05, 0) is 26.0 Å². The summed E-state index contributed by atoms with van der Waals surface area (Å²) in [6, 6.07) is 9.15. The number of carbonyl (C=O) groups excluding carboxylic acids is 1. The Morgan fingerprint density at radius 3 is 2.59 bits per heavy atom. The Balaban J connectivity index is 1.72. The van der Waals surface area contributed by atoms with Crippen molar-refractivity contribution in [1.82, 2.24) is 10.1 Å². The topological polar surface area (TPSA) is 64.8 Å². The lowest BCUT2D eigenvalue weighted by molar-refractivity contribution is -0.143. The molecule has 0 spiro atoms. The van der Waals surface area contributed by atoms with Gasteiger partial charge in [-0.2, -0.15) is 0 Å². The van der Waals surface area contributed by atoms with Crippen molar-refractivity contribution in [2.24, 2.45) is 0 Å². The van der Waals surface area contributed by atoms with Crippen LogP contribution in [0.5, 0.6) is 11.5 Å². The third kappa shape index (κ3) is 2.77. The first-order valence-electron chi connectivity index (χ1n) is 7.14. The highest BCUT2D eigenvalue weighted by molar-refractivity contribution is 5.82. The number of aryl methyl sites for hydroxylation is 1. The lowest BCUT2D eigenvalue weighted by Crippen LogP contribution is -2.49. The van der Waals surface area contributed by atoms with Crippen LogP contribution in [0, 0.1) is 6.92 Å². The Morgan fingerprint density at radius 2 is 1.95 bits per heavy atom. The van der Waals surface area contributed by atoms with Gasteiger partial charge in [-0.15, -0.1) is 0 Å². The molecule has 0 radical (unpaired) electrons. The van der Waals surface area contributed by atoms with Crippen molar-refractivity contribution in [3.8, 4) is 11.5 Å². The Hall–Kier alpha value is -2.50. The van der Waals surface area contributed by atoms with E-state index in [0.717, 1.165) is 5.76 Å². The van der Waals surface area contributed by atoms with Gasteiger partial charge in [0.1, 0.15) is 17.6 Å². The summed E-state index contributed by atoms with van der Waals surface area (Å²) in [6.07, 6.45) is -1.03. The summed E-state index contributed by atoms with van der Waals surface area (Å²) in [6.45, 7) is 4.01. The van der Waals surface area contributed by atoms with E-state index in [9.17, 15) is 4.79 Å². The molecule has 1 aliphatic rings.